The lowest BCUT2D eigenvalue weighted by atomic mass is 10.0. The summed E-state index contributed by atoms with van der Waals surface area (Å²) in [6.07, 6.45) is 0. The molecule has 0 saturated carbocycles. The third kappa shape index (κ3) is 6.21. The van der Waals surface area contributed by atoms with E-state index < -0.39 is 12.0 Å². The Labute approximate surface area is 163 Å². The normalized spacial score (nSPS) is 11.7. The smallest absolute Gasteiger partial charge is 0.329 e. The summed E-state index contributed by atoms with van der Waals surface area (Å²) in [4.78, 5) is 38.8. The summed E-state index contributed by atoms with van der Waals surface area (Å²) in [5.41, 5.74) is 0.989. The van der Waals surface area contributed by atoms with Gasteiger partial charge in [-0.15, -0.1) is 11.3 Å². The minimum atomic E-state index is -0.813. The van der Waals surface area contributed by atoms with E-state index in [1.807, 2.05) is 44.2 Å². The Morgan fingerprint density at radius 3 is 2.41 bits per heavy atom. The van der Waals surface area contributed by atoms with E-state index in [-0.39, 0.29) is 24.3 Å². The number of likely N-dealkylation sites (N-methyl/N-ethyl adjacent to an activating group) is 1. The van der Waals surface area contributed by atoms with Crippen LogP contribution in [0.25, 0.3) is 0 Å². The van der Waals surface area contributed by atoms with Crippen LogP contribution in [0.3, 0.4) is 0 Å². The highest BCUT2D eigenvalue weighted by Crippen LogP contribution is 2.11. The predicted octanol–water partition coefficient (Wildman–Crippen LogP) is 2.70. The number of hydrogen-bond acceptors (Lipinski definition) is 5. The summed E-state index contributed by atoms with van der Waals surface area (Å²) in [7, 11) is 1.65. The van der Waals surface area contributed by atoms with Gasteiger partial charge in [-0.3, -0.25) is 9.59 Å². The van der Waals surface area contributed by atoms with Crippen LogP contribution in [-0.4, -0.2) is 42.4 Å². The minimum Gasteiger partial charge on any atom is -0.454 e. The average molecular weight is 388 g/mol. The summed E-state index contributed by atoms with van der Waals surface area (Å²) in [6, 6.07) is 12.2. The van der Waals surface area contributed by atoms with Crippen molar-refractivity contribution in [1.29, 1.82) is 0 Å². The second kappa shape index (κ2) is 9.87. The van der Waals surface area contributed by atoms with Crippen molar-refractivity contribution in [2.45, 2.75) is 26.4 Å². The summed E-state index contributed by atoms with van der Waals surface area (Å²) in [6.45, 7) is 3.69. The molecule has 7 heteroatoms. The zero-order valence-corrected chi connectivity index (χ0v) is 16.5. The second-order valence-electron chi connectivity index (χ2n) is 6.52. The van der Waals surface area contributed by atoms with Crippen LogP contribution >= 0.6 is 11.3 Å². The lowest BCUT2D eigenvalue weighted by Crippen LogP contribution is -2.46. The van der Waals surface area contributed by atoms with Gasteiger partial charge in [0, 0.05) is 13.6 Å². The molecule has 0 unspecified atom stereocenters. The molecule has 2 amide bonds. The summed E-state index contributed by atoms with van der Waals surface area (Å²) in [5.74, 6) is -1.41. The number of thiophene rings is 1. The number of rotatable bonds is 8. The summed E-state index contributed by atoms with van der Waals surface area (Å²) < 4.78 is 5.16. The molecule has 1 atom stereocenters. The molecule has 0 aliphatic carbocycles. The van der Waals surface area contributed by atoms with Gasteiger partial charge in [-0.05, 0) is 22.9 Å². The minimum absolute atomic E-state index is 0.168. The molecule has 2 rings (SSSR count). The standard InChI is InChI=1S/C20H24N2O4S/c1-14(2)18(21-19(24)16-10-7-11-27-16)20(25)26-13-17(23)22(3)12-15-8-5-4-6-9-15/h4-11,14,18H,12-13H2,1-3H3,(H,21,24)/t18-/m0/s1. The van der Waals surface area contributed by atoms with Gasteiger partial charge in [-0.1, -0.05) is 50.2 Å². The topological polar surface area (TPSA) is 75.7 Å². The van der Waals surface area contributed by atoms with Gasteiger partial charge in [0.25, 0.3) is 11.8 Å². The Kier molecular flexibility index (Phi) is 7.55. The molecule has 1 aromatic carbocycles. The SMILES string of the molecule is CC(C)[C@H](NC(=O)c1cccs1)C(=O)OCC(=O)N(C)Cc1ccccc1. The molecule has 1 N–H and O–H groups in total. The first-order chi connectivity index (χ1) is 12.9. The molecule has 2 aromatic rings. The maximum absolute atomic E-state index is 12.4. The second-order valence-corrected chi connectivity index (χ2v) is 7.46. The van der Waals surface area contributed by atoms with Crippen molar-refractivity contribution < 1.29 is 19.1 Å². The Balaban J connectivity index is 1.87. The molecule has 0 fully saturated rings. The lowest BCUT2D eigenvalue weighted by molar-refractivity contribution is -0.154. The van der Waals surface area contributed by atoms with Crippen LogP contribution in [0.4, 0.5) is 0 Å². The molecule has 0 aliphatic heterocycles. The zero-order chi connectivity index (χ0) is 19.8. The number of amides is 2. The number of carbonyl (C=O) groups excluding carboxylic acids is 3. The van der Waals surface area contributed by atoms with Crippen molar-refractivity contribution in [2.24, 2.45) is 5.92 Å². The number of nitrogens with one attached hydrogen (secondary N) is 1. The van der Waals surface area contributed by atoms with Crippen molar-refractivity contribution in [3.05, 3.63) is 58.3 Å². The van der Waals surface area contributed by atoms with Gasteiger partial charge >= 0.3 is 5.97 Å². The lowest BCUT2D eigenvalue weighted by Gasteiger charge is -2.22. The van der Waals surface area contributed by atoms with E-state index in [2.05, 4.69) is 5.32 Å². The van der Waals surface area contributed by atoms with E-state index in [0.717, 1.165) is 5.56 Å². The molecule has 0 radical (unpaired) electrons. The average Bonchev–Trinajstić information content (AvgIpc) is 3.19. The highest BCUT2D eigenvalue weighted by atomic mass is 32.1. The monoisotopic (exact) mass is 388 g/mol. The van der Waals surface area contributed by atoms with E-state index in [4.69, 9.17) is 4.74 Å². The molecule has 0 saturated heterocycles. The summed E-state index contributed by atoms with van der Waals surface area (Å²) in [5, 5.41) is 4.47. The van der Waals surface area contributed by atoms with Crippen LogP contribution in [-0.2, 0) is 20.9 Å². The van der Waals surface area contributed by atoms with Gasteiger partial charge in [-0.25, -0.2) is 4.79 Å². The van der Waals surface area contributed by atoms with Crippen LogP contribution in [0, 0.1) is 5.92 Å². The first kappa shape index (κ1) is 20.6. The maximum atomic E-state index is 12.4. The third-order valence-electron chi connectivity index (χ3n) is 3.98. The highest BCUT2D eigenvalue weighted by molar-refractivity contribution is 7.12. The highest BCUT2D eigenvalue weighted by Gasteiger charge is 2.27. The number of hydrogen-bond donors (Lipinski definition) is 1. The molecule has 1 heterocycles. The first-order valence-electron chi connectivity index (χ1n) is 8.67. The Hall–Kier alpha value is -2.67. The van der Waals surface area contributed by atoms with Gasteiger partial charge in [0.2, 0.25) is 0 Å². The molecule has 6 nitrogen and oxygen atoms in total. The molecule has 1 aromatic heterocycles. The van der Waals surface area contributed by atoms with E-state index in [9.17, 15) is 14.4 Å². The van der Waals surface area contributed by atoms with E-state index in [1.165, 1.54) is 16.2 Å². The van der Waals surface area contributed by atoms with E-state index >= 15 is 0 Å². The number of ether oxygens (including phenoxy) is 1. The quantitative estimate of drug-likeness (QED) is 0.706. The summed E-state index contributed by atoms with van der Waals surface area (Å²) >= 11 is 1.29. The molecule has 144 valence electrons. The molecule has 0 bridgehead atoms. The maximum Gasteiger partial charge on any atom is 0.329 e. The number of carbonyl (C=O) groups is 3. The van der Waals surface area contributed by atoms with Gasteiger partial charge in [0.15, 0.2) is 6.61 Å². The van der Waals surface area contributed by atoms with Crippen molar-refractivity contribution in [2.75, 3.05) is 13.7 Å². The van der Waals surface area contributed by atoms with Crippen LogP contribution in [0.5, 0.6) is 0 Å². The van der Waals surface area contributed by atoms with Crippen LogP contribution < -0.4 is 5.32 Å². The van der Waals surface area contributed by atoms with E-state index in [0.29, 0.717) is 11.4 Å². The molecular formula is C20H24N2O4S. The van der Waals surface area contributed by atoms with Crippen LogP contribution in [0.15, 0.2) is 47.8 Å². The van der Waals surface area contributed by atoms with Crippen LogP contribution in [0.1, 0.15) is 29.1 Å². The van der Waals surface area contributed by atoms with Crippen molar-refractivity contribution in [3.8, 4) is 0 Å². The Morgan fingerprint density at radius 2 is 1.81 bits per heavy atom. The van der Waals surface area contributed by atoms with E-state index in [1.54, 1.807) is 24.6 Å². The fraction of sp³-hybridized carbons (Fsp3) is 0.350. The molecule has 0 spiro atoms. The number of nitrogens with zero attached hydrogens (tertiary/aromatic N) is 1. The predicted molar refractivity (Wildman–Crippen MR) is 104 cm³/mol. The van der Waals surface area contributed by atoms with Gasteiger partial charge in [-0.2, -0.15) is 0 Å². The fourth-order valence-electron chi connectivity index (χ4n) is 2.40. The fourth-order valence-corrected chi connectivity index (χ4v) is 3.02. The number of esters is 1. The Bertz CT molecular complexity index is 760. The molecule has 0 aliphatic rings. The van der Waals surface area contributed by atoms with Gasteiger partial charge in [0.1, 0.15) is 6.04 Å². The zero-order valence-electron chi connectivity index (χ0n) is 15.7. The van der Waals surface area contributed by atoms with Gasteiger partial charge in [0.05, 0.1) is 4.88 Å². The first-order valence-corrected chi connectivity index (χ1v) is 9.55. The van der Waals surface area contributed by atoms with Crippen molar-refractivity contribution in [1.82, 2.24) is 10.2 Å². The van der Waals surface area contributed by atoms with Crippen molar-refractivity contribution in [3.63, 3.8) is 0 Å². The largest absolute Gasteiger partial charge is 0.454 e. The van der Waals surface area contributed by atoms with Crippen molar-refractivity contribution >= 4 is 29.1 Å². The number of benzene rings is 1. The van der Waals surface area contributed by atoms with Crippen LogP contribution in [0.2, 0.25) is 0 Å². The molecular weight excluding hydrogens is 364 g/mol. The van der Waals surface area contributed by atoms with Gasteiger partial charge < -0.3 is 15.0 Å². The Morgan fingerprint density at radius 1 is 1.11 bits per heavy atom. The third-order valence-corrected chi connectivity index (χ3v) is 4.85. The molecule has 27 heavy (non-hydrogen) atoms.